The second-order valence-corrected chi connectivity index (χ2v) is 5.32. The number of nitrogens with zero attached hydrogens (tertiary/aromatic N) is 3. The summed E-state index contributed by atoms with van der Waals surface area (Å²) in [5.74, 6) is 0.737. The minimum Gasteiger partial charge on any atom is -0.330 e. The minimum absolute atomic E-state index is 0. The highest BCUT2D eigenvalue weighted by atomic mass is 35.5. The van der Waals surface area contributed by atoms with Gasteiger partial charge in [-0.3, -0.25) is 9.58 Å². The van der Waals surface area contributed by atoms with Gasteiger partial charge in [0.1, 0.15) is 0 Å². The SMILES string of the molecule is CC(C)n1nccc1CN1CCC(CN)CC1.Cl. The fraction of sp³-hybridized carbons (Fsp3) is 0.769. The van der Waals surface area contributed by atoms with Crippen molar-refractivity contribution in [1.82, 2.24) is 14.7 Å². The average molecular weight is 273 g/mol. The highest BCUT2D eigenvalue weighted by Gasteiger charge is 2.19. The van der Waals surface area contributed by atoms with Crippen molar-refractivity contribution >= 4 is 12.4 Å². The predicted molar refractivity (Wildman–Crippen MR) is 76.9 cm³/mol. The average Bonchev–Trinajstić information content (AvgIpc) is 2.78. The number of hydrogen-bond acceptors (Lipinski definition) is 3. The van der Waals surface area contributed by atoms with Gasteiger partial charge in [-0.25, -0.2) is 0 Å². The molecule has 0 amide bonds. The van der Waals surface area contributed by atoms with Crippen LogP contribution >= 0.6 is 12.4 Å². The number of aromatic nitrogens is 2. The Labute approximate surface area is 116 Å². The Kier molecular flexibility index (Phi) is 6.12. The Bertz CT molecular complexity index is 343. The molecule has 0 aliphatic carbocycles. The number of hydrogen-bond donors (Lipinski definition) is 1. The van der Waals surface area contributed by atoms with Gasteiger partial charge in [0, 0.05) is 18.8 Å². The summed E-state index contributed by atoms with van der Waals surface area (Å²) < 4.78 is 2.12. The quantitative estimate of drug-likeness (QED) is 0.913. The predicted octanol–water partition coefficient (Wildman–Crippen LogP) is 2.06. The van der Waals surface area contributed by atoms with Crippen LogP contribution < -0.4 is 5.73 Å². The van der Waals surface area contributed by atoms with Gasteiger partial charge in [-0.2, -0.15) is 5.10 Å². The first-order valence-electron chi connectivity index (χ1n) is 6.65. The van der Waals surface area contributed by atoms with Crippen molar-refractivity contribution in [1.29, 1.82) is 0 Å². The van der Waals surface area contributed by atoms with E-state index in [0.717, 1.165) is 19.0 Å². The lowest BCUT2D eigenvalue weighted by Gasteiger charge is -2.31. The normalized spacial score (nSPS) is 18.0. The lowest BCUT2D eigenvalue weighted by molar-refractivity contribution is 0.175. The summed E-state index contributed by atoms with van der Waals surface area (Å²) in [6, 6.07) is 2.58. The fourth-order valence-corrected chi connectivity index (χ4v) is 2.54. The maximum Gasteiger partial charge on any atom is 0.0527 e. The molecule has 0 radical (unpaired) electrons. The molecule has 0 atom stereocenters. The molecular weight excluding hydrogens is 248 g/mol. The number of likely N-dealkylation sites (tertiary alicyclic amines) is 1. The molecule has 4 nitrogen and oxygen atoms in total. The number of halogens is 1. The Hall–Kier alpha value is -0.580. The summed E-state index contributed by atoms with van der Waals surface area (Å²) in [5, 5.41) is 4.38. The lowest BCUT2D eigenvalue weighted by atomic mass is 9.97. The topological polar surface area (TPSA) is 47.1 Å². The van der Waals surface area contributed by atoms with E-state index in [1.807, 2.05) is 6.20 Å². The monoisotopic (exact) mass is 272 g/mol. The maximum atomic E-state index is 5.72. The molecule has 18 heavy (non-hydrogen) atoms. The second-order valence-electron chi connectivity index (χ2n) is 5.32. The molecule has 2 N–H and O–H groups in total. The fourth-order valence-electron chi connectivity index (χ4n) is 2.54. The van der Waals surface area contributed by atoms with Gasteiger partial charge in [0.05, 0.1) is 5.69 Å². The van der Waals surface area contributed by atoms with Crippen LogP contribution in [-0.2, 0) is 6.54 Å². The van der Waals surface area contributed by atoms with Crippen LogP contribution in [0.15, 0.2) is 12.3 Å². The van der Waals surface area contributed by atoms with E-state index in [-0.39, 0.29) is 12.4 Å². The molecule has 2 rings (SSSR count). The molecule has 0 unspecified atom stereocenters. The van der Waals surface area contributed by atoms with Crippen molar-refractivity contribution in [3.8, 4) is 0 Å². The lowest BCUT2D eigenvalue weighted by Crippen LogP contribution is -2.36. The van der Waals surface area contributed by atoms with Gasteiger partial charge in [0.2, 0.25) is 0 Å². The van der Waals surface area contributed by atoms with Crippen LogP contribution in [0.5, 0.6) is 0 Å². The summed E-state index contributed by atoms with van der Waals surface area (Å²) in [5.41, 5.74) is 7.04. The van der Waals surface area contributed by atoms with Crippen LogP contribution in [0.1, 0.15) is 38.4 Å². The van der Waals surface area contributed by atoms with E-state index in [4.69, 9.17) is 5.73 Å². The Morgan fingerprint density at radius 2 is 2.06 bits per heavy atom. The van der Waals surface area contributed by atoms with E-state index >= 15 is 0 Å². The third-order valence-corrected chi connectivity index (χ3v) is 3.67. The molecule has 2 heterocycles. The number of nitrogens with two attached hydrogens (primary N) is 1. The van der Waals surface area contributed by atoms with Crippen LogP contribution in [-0.4, -0.2) is 34.3 Å². The van der Waals surface area contributed by atoms with E-state index in [1.54, 1.807) is 0 Å². The summed E-state index contributed by atoms with van der Waals surface area (Å²) in [6.45, 7) is 8.57. The van der Waals surface area contributed by atoms with Crippen LogP contribution in [0.4, 0.5) is 0 Å². The molecule has 1 aliphatic rings. The molecule has 1 fully saturated rings. The standard InChI is InChI=1S/C13H24N4.ClH/c1-11(2)17-13(3-6-15-17)10-16-7-4-12(9-14)5-8-16;/h3,6,11-12H,4-5,7-10,14H2,1-2H3;1H. The van der Waals surface area contributed by atoms with Crippen molar-refractivity contribution in [2.45, 2.75) is 39.3 Å². The van der Waals surface area contributed by atoms with Crippen LogP contribution in [0.3, 0.4) is 0 Å². The van der Waals surface area contributed by atoms with E-state index in [2.05, 4.69) is 34.6 Å². The molecule has 0 aromatic carbocycles. The van der Waals surface area contributed by atoms with E-state index in [0.29, 0.717) is 6.04 Å². The first kappa shape index (κ1) is 15.5. The largest absolute Gasteiger partial charge is 0.330 e. The Morgan fingerprint density at radius 3 is 2.61 bits per heavy atom. The van der Waals surface area contributed by atoms with Crippen LogP contribution in [0.2, 0.25) is 0 Å². The second kappa shape index (κ2) is 7.12. The van der Waals surface area contributed by atoms with Crippen molar-refractivity contribution in [3.05, 3.63) is 18.0 Å². The third kappa shape index (κ3) is 3.70. The molecule has 0 saturated carbocycles. The van der Waals surface area contributed by atoms with Gasteiger partial charge in [-0.05, 0) is 58.3 Å². The van der Waals surface area contributed by atoms with Crippen molar-refractivity contribution < 1.29 is 0 Å². The molecule has 0 bridgehead atoms. The Morgan fingerprint density at radius 1 is 1.39 bits per heavy atom. The maximum absolute atomic E-state index is 5.72. The molecule has 1 aromatic rings. The summed E-state index contributed by atoms with van der Waals surface area (Å²) in [6.07, 6.45) is 4.39. The van der Waals surface area contributed by atoms with Gasteiger partial charge in [-0.15, -0.1) is 12.4 Å². The van der Waals surface area contributed by atoms with Gasteiger partial charge in [0.15, 0.2) is 0 Å². The van der Waals surface area contributed by atoms with Crippen molar-refractivity contribution in [2.75, 3.05) is 19.6 Å². The zero-order valence-electron chi connectivity index (χ0n) is 11.4. The third-order valence-electron chi connectivity index (χ3n) is 3.67. The molecule has 1 saturated heterocycles. The van der Waals surface area contributed by atoms with Crippen LogP contribution in [0.25, 0.3) is 0 Å². The van der Waals surface area contributed by atoms with Gasteiger partial charge in [0.25, 0.3) is 0 Å². The highest BCUT2D eigenvalue weighted by molar-refractivity contribution is 5.85. The van der Waals surface area contributed by atoms with Crippen molar-refractivity contribution in [3.63, 3.8) is 0 Å². The highest BCUT2D eigenvalue weighted by Crippen LogP contribution is 2.18. The summed E-state index contributed by atoms with van der Waals surface area (Å²) in [7, 11) is 0. The number of piperidine rings is 1. The van der Waals surface area contributed by atoms with Crippen LogP contribution in [0, 0.1) is 5.92 Å². The minimum atomic E-state index is 0. The van der Waals surface area contributed by atoms with Gasteiger partial charge in [-0.1, -0.05) is 0 Å². The van der Waals surface area contributed by atoms with Gasteiger partial charge >= 0.3 is 0 Å². The zero-order valence-corrected chi connectivity index (χ0v) is 12.2. The summed E-state index contributed by atoms with van der Waals surface area (Å²) >= 11 is 0. The molecule has 104 valence electrons. The molecule has 1 aliphatic heterocycles. The Balaban J connectivity index is 0.00000162. The molecule has 5 heteroatoms. The molecular formula is C13H25ClN4. The van der Waals surface area contributed by atoms with E-state index < -0.39 is 0 Å². The van der Waals surface area contributed by atoms with Gasteiger partial charge < -0.3 is 5.73 Å². The summed E-state index contributed by atoms with van der Waals surface area (Å²) in [4.78, 5) is 2.52. The zero-order chi connectivity index (χ0) is 12.3. The first-order valence-corrected chi connectivity index (χ1v) is 6.65. The molecule has 1 aromatic heterocycles. The van der Waals surface area contributed by atoms with Crippen molar-refractivity contribution in [2.24, 2.45) is 11.7 Å². The smallest absolute Gasteiger partial charge is 0.0527 e. The molecule has 0 spiro atoms. The number of rotatable bonds is 4. The van der Waals surface area contributed by atoms with E-state index in [9.17, 15) is 0 Å². The van der Waals surface area contributed by atoms with E-state index in [1.165, 1.54) is 31.6 Å². The first-order chi connectivity index (χ1) is 8.20.